The summed E-state index contributed by atoms with van der Waals surface area (Å²) >= 11 is 5.68. The summed E-state index contributed by atoms with van der Waals surface area (Å²) in [5.74, 6) is -1.13. The normalized spacial score (nSPS) is 12.8. The van der Waals surface area contributed by atoms with E-state index in [1.54, 1.807) is 20.8 Å². The van der Waals surface area contributed by atoms with E-state index in [0.717, 1.165) is 24.0 Å². The van der Waals surface area contributed by atoms with Crippen LogP contribution in [0.15, 0.2) is 48.5 Å². The van der Waals surface area contributed by atoms with Crippen molar-refractivity contribution in [2.75, 3.05) is 23.7 Å². The van der Waals surface area contributed by atoms with E-state index in [1.807, 2.05) is 30.3 Å². The molecule has 0 radical (unpaired) electrons. The molecule has 0 bridgehead atoms. The van der Waals surface area contributed by atoms with Gasteiger partial charge in [-0.1, -0.05) is 48.9 Å². The van der Waals surface area contributed by atoms with Gasteiger partial charge in [0, 0.05) is 12.6 Å². The van der Waals surface area contributed by atoms with E-state index in [9.17, 15) is 31.2 Å². The van der Waals surface area contributed by atoms with E-state index in [-0.39, 0.29) is 24.7 Å². The third-order valence-corrected chi connectivity index (χ3v) is 6.99. The van der Waals surface area contributed by atoms with Gasteiger partial charge in [0.2, 0.25) is 21.8 Å². The van der Waals surface area contributed by atoms with Crippen LogP contribution in [0.25, 0.3) is 0 Å². The lowest BCUT2D eigenvalue weighted by molar-refractivity contribution is -0.139. The van der Waals surface area contributed by atoms with Crippen LogP contribution in [0.4, 0.5) is 18.9 Å². The molecule has 37 heavy (non-hydrogen) atoms. The number of hydrogen-bond donors (Lipinski definition) is 1. The Hall–Kier alpha value is -2.79. The summed E-state index contributed by atoms with van der Waals surface area (Å²) in [6.45, 7) is 4.56. The van der Waals surface area contributed by atoms with Gasteiger partial charge >= 0.3 is 6.18 Å². The van der Waals surface area contributed by atoms with Gasteiger partial charge in [-0.25, -0.2) is 8.42 Å². The van der Waals surface area contributed by atoms with Gasteiger partial charge < -0.3 is 10.2 Å². The average Bonchev–Trinajstić information content (AvgIpc) is 2.79. The fourth-order valence-corrected chi connectivity index (χ4v) is 4.84. The zero-order valence-electron chi connectivity index (χ0n) is 21.0. The monoisotopic (exact) mass is 561 g/mol. The van der Waals surface area contributed by atoms with Crippen LogP contribution >= 0.6 is 11.6 Å². The fourth-order valence-electron chi connectivity index (χ4n) is 3.78. The van der Waals surface area contributed by atoms with Gasteiger partial charge in [-0.05, 0) is 50.5 Å². The summed E-state index contributed by atoms with van der Waals surface area (Å²) in [6, 6.07) is 10.7. The van der Waals surface area contributed by atoms with Crippen molar-refractivity contribution in [3.05, 3.63) is 64.7 Å². The second-order valence-corrected chi connectivity index (χ2v) is 11.2. The number of carbonyl (C=O) groups excluding carboxylic acids is 2. The first-order valence-corrected chi connectivity index (χ1v) is 13.9. The van der Waals surface area contributed by atoms with Crippen molar-refractivity contribution in [3.8, 4) is 0 Å². The fraction of sp³-hybridized carbons (Fsp3) is 0.440. The molecule has 2 rings (SSSR count). The van der Waals surface area contributed by atoms with Crippen molar-refractivity contribution in [2.45, 2.75) is 51.9 Å². The van der Waals surface area contributed by atoms with E-state index in [1.165, 1.54) is 4.90 Å². The van der Waals surface area contributed by atoms with Gasteiger partial charge in [-0.2, -0.15) is 13.2 Å². The zero-order chi connectivity index (χ0) is 28.0. The number of amides is 2. The highest BCUT2D eigenvalue weighted by atomic mass is 35.5. The summed E-state index contributed by atoms with van der Waals surface area (Å²) in [4.78, 5) is 27.7. The molecule has 2 aromatic rings. The van der Waals surface area contributed by atoms with Crippen molar-refractivity contribution in [3.63, 3.8) is 0 Å². The quantitative estimate of drug-likeness (QED) is 0.438. The Morgan fingerprint density at radius 2 is 1.70 bits per heavy atom. The number of hydrogen-bond acceptors (Lipinski definition) is 4. The SMILES string of the molecule is CCC(C(=O)NC(C)C)N(CCc1ccccc1)C(=O)CN(c1ccc(Cl)c(C(F)(F)F)c1)S(C)(=O)=O. The number of halogens is 4. The molecule has 1 unspecified atom stereocenters. The summed E-state index contributed by atoms with van der Waals surface area (Å²) in [5, 5.41) is 2.17. The van der Waals surface area contributed by atoms with Crippen LogP contribution in [0.3, 0.4) is 0 Å². The van der Waals surface area contributed by atoms with Gasteiger partial charge in [0.25, 0.3) is 0 Å². The topological polar surface area (TPSA) is 86.8 Å². The number of rotatable bonds is 11. The largest absolute Gasteiger partial charge is 0.417 e. The minimum absolute atomic E-state index is 0.0961. The zero-order valence-corrected chi connectivity index (χ0v) is 22.6. The molecule has 0 aliphatic rings. The molecule has 1 atom stereocenters. The lowest BCUT2D eigenvalue weighted by atomic mass is 10.1. The highest BCUT2D eigenvalue weighted by molar-refractivity contribution is 7.92. The number of alkyl halides is 3. The second kappa shape index (κ2) is 12.6. The maximum absolute atomic E-state index is 13.5. The third-order valence-electron chi connectivity index (χ3n) is 5.52. The Morgan fingerprint density at radius 3 is 2.22 bits per heavy atom. The maximum Gasteiger partial charge on any atom is 0.417 e. The minimum Gasteiger partial charge on any atom is -0.352 e. The van der Waals surface area contributed by atoms with Crippen LogP contribution in [-0.2, 0) is 32.2 Å². The lowest BCUT2D eigenvalue weighted by Crippen LogP contribution is -2.54. The van der Waals surface area contributed by atoms with Gasteiger partial charge in [-0.15, -0.1) is 0 Å². The number of benzene rings is 2. The minimum atomic E-state index is -4.83. The third kappa shape index (κ3) is 8.63. The highest BCUT2D eigenvalue weighted by Gasteiger charge is 2.36. The van der Waals surface area contributed by atoms with Crippen molar-refractivity contribution in [1.82, 2.24) is 10.2 Å². The molecule has 1 N–H and O–H groups in total. The predicted molar refractivity (Wildman–Crippen MR) is 138 cm³/mol. The Bertz CT molecular complexity index is 1190. The van der Waals surface area contributed by atoms with Crippen molar-refractivity contribution in [1.29, 1.82) is 0 Å². The van der Waals surface area contributed by atoms with Gasteiger partial charge in [0.1, 0.15) is 12.6 Å². The first-order chi connectivity index (χ1) is 17.1. The van der Waals surface area contributed by atoms with Gasteiger partial charge in [0.05, 0.1) is 22.5 Å². The lowest BCUT2D eigenvalue weighted by Gasteiger charge is -2.33. The molecule has 204 valence electrons. The van der Waals surface area contributed by atoms with Crippen LogP contribution in [0.5, 0.6) is 0 Å². The molecule has 2 amide bonds. The molecule has 0 aliphatic heterocycles. The number of sulfonamides is 1. The Morgan fingerprint density at radius 1 is 1.08 bits per heavy atom. The Balaban J connectivity index is 2.45. The summed E-state index contributed by atoms with van der Waals surface area (Å²) in [6.07, 6.45) is -3.41. The molecule has 0 saturated carbocycles. The molecule has 0 aliphatic carbocycles. The molecule has 2 aromatic carbocycles. The standard InChI is InChI=1S/C25H31ClF3N3O4S/c1-5-22(24(34)30-17(2)3)31(14-13-18-9-7-6-8-10-18)23(33)16-32(37(4,35)36)19-11-12-21(26)20(15-19)25(27,28)29/h6-12,15,17,22H,5,13-14,16H2,1-4H3,(H,30,34). The molecule has 0 heterocycles. The van der Waals surface area contributed by atoms with E-state index in [0.29, 0.717) is 16.8 Å². The first kappa shape index (κ1) is 30.4. The summed E-state index contributed by atoms with van der Waals surface area (Å²) in [7, 11) is -4.19. The van der Waals surface area contributed by atoms with Gasteiger partial charge in [-0.3, -0.25) is 13.9 Å². The van der Waals surface area contributed by atoms with Gasteiger partial charge in [0.15, 0.2) is 0 Å². The molecular weight excluding hydrogens is 531 g/mol. The summed E-state index contributed by atoms with van der Waals surface area (Å²) in [5.41, 5.74) is -0.696. The number of anilines is 1. The highest BCUT2D eigenvalue weighted by Crippen LogP contribution is 2.37. The molecule has 0 spiro atoms. The smallest absolute Gasteiger partial charge is 0.352 e. The van der Waals surface area contributed by atoms with Crippen LogP contribution in [-0.4, -0.2) is 56.6 Å². The molecule has 0 saturated heterocycles. The summed E-state index contributed by atoms with van der Waals surface area (Å²) < 4.78 is 66.0. The molecule has 0 aromatic heterocycles. The number of nitrogens with one attached hydrogen (secondary N) is 1. The first-order valence-electron chi connectivity index (χ1n) is 11.6. The van der Waals surface area contributed by atoms with E-state index >= 15 is 0 Å². The maximum atomic E-state index is 13.5. The number of nitrogens with zero attached hydrogens (tertiary/aromatic N) is 2. The van der Waals surface area contributed by atoms with Crippen LogP contribution < -0.4 is 9.62 Å². The molecule has 12 heteroatoms. The molecular formula is C25H31ClF3N3O4S. The second-order valence-electron chi connectivity index (χ2n) is 8.84. The van der Waals surface area contributed by atoms with E-state index in [4.69, 9.17) is 11.6 Å². The molecule has 0 fully saturated rings. The van der Waals surface area contributed by atoms with Crippen molar-refractivity contribution < 1.29 is 31.2 Å². The average molecular weight is 562 g/mol. The van der Waals surface area contributed by atoms with E-state index < -0.39 is 51.2 Å². The van der Waals surface area contributed by atoms with Crippen LogP contribution in [0.1, 0.15) is 38.3 Å². The Labute approximate surface area is 220 Å². The van der Waals surface area contributed by atoms with Crippen molar-refractivity contribution in [2.24, 2.45) is 0 Å². The predicted octanol–water partition coefficient (Wildman–Crippen LogP) is 4.50. The molecule has 7 nitrogen and oxygen atoms in total. The van der Waals surface area contributed by atoms with Crippen LogP contribution in [0.2, 0.25) is 5.02 Å². The number of carbonyl (C=O) groups is 2. The Kier molecular flexibility index (Phi) is 10.4. The van der Waals surface area contributed by atoms with E-state index in [2.05, 4.69) is 5.32 Å². The van der Waals surface area contributed by atoms with Crippen LogP contribution in [0, 0.1) is 0 Å². The van der Waals surface area contributed by atoms with Crippen molar-refractivity contribution >= 4 is 39.1 Å².